The van der Waals surface area contributed by atoms with Crippen LogP contribution >= 0.6 is 0 Å². The molecule has 2 aromatic heterocycles. The molecule has 9 heteroatoms. The standard InChI is InChI=1S/C7H4F3N5O/c8-7(9,10)4-2-1-3(6(16)11-4)5-12-14-15-13-5/h1-2H,(H,11,16)(H,12,13,14,15). The number of aromatic amines is 2. The quantitative estimate of drug-likeness (QED) is 0.751. The molecule has 0 spiro atoms. The van der Waals surface area contributed by atoms with Crippen molar-refractivity contribution in [3.05, 3.63) is 28.2 Å². The third-order valence-electron chi connectivity index (χ3n) is 1.80. The Labute approximate surface area is 85.5 Å². The third-order valence-corrected chi connectivity index (χ3v) is 1.80. The summed E-state index contributed by atoms with van der Waals surface area (Å²) in [4.78, 5) is 13.0. The Balaban J connectivity index is 2.50. The number of aromatic nitrogens is 5. The van der Waals surface area contributed by atoms with Gasteiger partial charge in [-0.3, -0.25) is 4.79 Å². The van der Waals surface area contributed by atoms with Crippen LogP contribution in [0.1, 0.15) is 5.69 Å². The summed E-state index contributed by atoms with van der Waals surface area (Å²) in [5.41, 5.74) is -2.12. The topological polar surface area (TPSA) is 87.3 Å². The van der Waals surface area contributed by atoms with Crippen LogP contribution in [-0.2, 0) is 6.18 Å². The Bertz CT molecular complexity index is 544. The van der Waals surface area contributed by atoms with E-state index in [1.165, 1.54) is 0 Å². The van der Waals surface area contributed by atoms with Crippen molar-refractivity contribution >= 4 is 0 Å². The van der Waals surface area contributed by atoms with Gasteiger partial charge in [0.2, 0.25) is 5.82 Å². The molecule has 84 valence electrons. The fraction of sp³-hybridized carbons (Fsp3) is 0.143. The Morgan fingerprint density at radius 1 is 1.25 bits per heavy atom. The van der Waals surface area contributed by atoms with Gasteiger partial charge >= 0.3 is 6.18 Å². The van der Waals surface area contributed by atoms with Gasteiger partial charge in [0, 0.05) is 0 Å². The van der Waals surface area contributed by atoms with Crippen molar-refractivity contribution in [3.63, 3.8) is 0 Å². The van der Waals surface area contributed by atoms with Crippen LogP contribution in [0.15, 0.2) is 16.9 Å². The molecule has 0 aromatic carbocycles. The first-order chi connectivity index (χ1) is 7.48. The fourth-order valence-corrected chi connectivity index (χ4v) is 1.09. The van der Waals surface area contributed by atoms with Crippen molar-refractivity contribution in [2.45, 2.75) is 6.18 Å². The second kappa shape index (κ2) is 3.43. The van der Waals surface area contributed by atoms with E-state index in [0.29, 0.717) is 0 Å². The van der Waals surface area contributed by atoms with Crippen LogP contribution in [0, 0.1) is 0 Å². The first-order valence-corrected chi connectivity index (χ1v) is 4.03. The molecule has 0 aliphatic heterocycles. The number of nitrogens with zero attached hydrogens (tertiary/aromatic N) is 3. The van der Waals surface area contributed by atoms with E-state index in [9.17, 15) is 18.0 Å². The van der Waals surface area contributed by atoms with Gasteiger partial charge < -0.3 is 4.98 Å². The molecule has 0 bridgehead atoms. The van der Waals surface area contributed by atoms with Crippen LogP contribution in [0.3, 0.4) is 0 Å². The molecule has 0 aliphatic rings. The molecule has 2 aromatic rings. The van der Waals surface area contributed by atoms with Gasteiger partial charge in [0.1, 0.15) is 5.69 Å². The Morgan fingerprint density at radius 3 is 2.50 bits per heavy atom. The summed E-state index contributed by atoms with van der Waals surface area (Å²) >= 11 is 0. The lowest BCUT2D eigenvalue weighted by Crippen LogP contribution is -2.17. The minimum Gasteiger partial charge on any atom is -0.318 e. The fourth-order valence-electron chi connectivity index (χ4n) is 1.09. The highest BCUT2D eigenvalue weighted by Gasteiger charge is 2.32. The van der Waals surface area contributed by atoms with E-state index < -0.39 is 17.4 Å². The van der Waals surface area contributed by atoms with E-state index in [2.05, 4.69) is 20.6 Å². The van der Waals surface area contributed by atoms with Gasteiger partial charge in [0.25, 0.3) is 5.56 Å². The average molecular weight is 231 g/mol. The Morgan fingerprint density at radius 2 is 2.00 bits per heavy atom. The lowest BCUT2D eigenvalue weighted by Gasteiger charge is -2.05. The van der Waals surface area contributed by atoms with Gasteiger partial charge in [0.05, 0.1) is 5.56 Å². The van der Waals surface area contributed by atoms with E-state index >= 15 is 0 Å². The summed E-state index contributed by atoms with van der Waals surface area (Å²) < 4.78 is 36.7. The first-order valence-electron chi connectivity index (χ1n) is 4.03. The smallest absolute Gasteiger partial charge is 0.318 e. The Hall–Kier alpha value is -2.19. The number of nitrogens with one attached hydrogen (secondary N) is 2. The Kier molecular flexibility index (Phi) is 2.22. The average Bonchev–Trinajstić information content (AvgIpc) is 2.69. The summed E-state index contributed by atoms with van der Waals surface area (Å²) in [6, 6.07) is 1.74. The van der Waals surface area contributed by atoms with Crippen LogP contribution in [0.5, 0.6) is 0 Å². The monoisotopic (exact) mass is 231 g/mol. The van der Waals surface area contributed by atoms with Gasteiger partial charge in [-0.2, -0.15) is 18.4 Å². The highest BCUT2D eigenvalue weighted by atomic mass is 19.4. The number of alkyl halides is 3. The largest absolute Gasteiger partial charge is 0.431 e. The van der Waals surface area contributed by atoms with Crippen molar-refractivity contribution < 1.29 is 13.2 Å². The third kappa shape index (κ3) is 1.78. The first kappa shape index (κ1) is 10.3. The highest BCUT2D eigenvalue weighted by Crippen LogP contribution is 2.26. The van der Waals surface area contributed by atoms with Crippen LogP contribution in [-0.4, -0.2) is 25.6 Å². The number of pyridine rings is 1. The van der Waals surface area contributed by atoms with Gasteiger partial charge in [0.15, 0.2) is 0 Å². The highest BCUT2D eigenvalue weighted by molar-refractivity contribution is 5.51. The van der Waals surface area contributed by atoms with E-state index in [-0.39, 0.29) is 11.4 Å². The van der Waals surface area contributed by atoms with Crippen LogP contribution in [0.4, 0.5) is 13.2 Å². The molecule has 0 amide bonds. The van der Waals surface area contributed by atoms with Crippen LogP contribution in [0.25, 0.3) is 11.4 Å². The molecule has 2 heterocycles. The van der Waals surface area contributed by atoms with E-state index in [4.69, 9.17) is 0 Å². The lowest BCUT2D eigenvalue weighted by molar-refractivity contribution is -0.141. The molecular weight excluding hydrogens is 227 g/mol. The number of H-pyrrole nitrogens is 2. The summed E-state index contributed by atoms with van der Waals surface area (Å²) in [6.07, 6.45) is -4.59. The lowest BCUT2D eigenvalue weighted by atomic mass is 10.2. The van der Waals surface area contributed by atoms with Crippen molar-refractivity contribution in [1.82, 2.24) is 25.6 Å². The zero-order valence-electron chi connectivity index (χ0n) is 7.54. The summed E-state index contributed by atoms with van der Waals surface area (Å²) in [7, 11) is 0. The van der Waals surface area contributed by atoms with Crippen LogP contribution < -0.4 is 5.56 Å². The SMILES string of the molecule is O=c1[nH]c(C(F)(F)F)ccc1-c1nn[nH]n1. The molecule has 0 saturated heterocycles. The number of halogens is 3. The molecule has 2 N–H and O–H groups in total. The maximum absolute atomic E-state index is 12.2. The molecule has 0 unspecified atom stereocenters. The van der Waals surface area contributed by atoms with Crippen molar-refractivity contribution in [2.75, 3.05) is 0 Å². The second-order valence-electron chi connectivity index (χ2n) is 2.85. The number of rotatable bonds is 1. The molecule has 0 atom stereocenters. The summed E-state index contributed by atoms with van der Waals surface area (Å²) in [5, 5.41) is 12.3. The predicted molar refractivity (Wildman–Crippen MR) is 45.2 cm³/mol. The van der Waals surface area contributed by atoms with E-state index in [0.717, 1.165) is 12.1 Å². The van der Waals surface area contributed by atoms with Crippen molar-refractivity contribution in [1.29, 1.82) is 0 Å². The molecule has 0 saturated carbocycles. The zero-order chi connectivity index (χ0) is 11.8. The van der Waals surface area contributed by atoms with Gasteiger partial charge in [-0.25, -0.2) is 0 Å². The summed E-state index contributed by atoms with van der Waals surface area (Å²) in [6.45, 7) is 0. The predicted octanol–water partition coefficient (Wildman–Crippen LogP) is 0.574. The van der Waals surface area contributed by atoms with Crippen LogP contribution in [0.2, 0.25) is 0 Å². The number of hydrogen-bond acceptors (Lipinski definition) is 4. The minimum absolute atomic E-state index is 0.0602. The number of hydrogen-bond donors (Lipinski definition) is 2. The maximum atomic E-state index is 12.2. The van der Waals surface area contributed by atoms with Crippen molar-refractivity contribution in [2.24, 2.45) is 0 Å². The second-order valence-corrected chi connectivity index (χ2v) is 2.85. The molecule has 0 radical (unpaired) electrons. The van der Waals surface area contributed by atoms with Gasteiger partial charge in [-0.1, -0.05) is 0 Å². The van der Waals surface area contributed by atoms with Crippen molar-refractivity contribution in [3.8, 4) is 11.4 Å². The molecule has 6 nitrogen and oxygen atoms in total. The maximum Gasteiger partial charge on any atom is 0.431 e. The minimum atomic E-state index is -4.59. The van der Waals surface area contributed by atoms with Gasteiger partial charge in [-0.15, -0.1) is 10.2 Å². The molecule has 2 rings (SSSR count). The van der Waals surface area contributed by atoms with Gasteiger partial charge in [-0.05, 0) is 17.3 Å². The molecule has 0 aliphatic carbocycles. The molecule has 16 heavy (non-hydrogen) atoms. The molecular formula is C7H4F3N5O. The summed E-state index contributed by atoms with van der Waals surface area (Å²) in [5.74, 6) is -0.0602. The number of tetrazole rings is 1. The molecule has 0 fully saturated rings. The van der Waals surface area contributed by atoms with E-state index in [1.54, 1.807) is 4.98 Å². The normalized spacial score (nSPS) is 11.7. The zero-order valence-corrected chi connectivity index (χ0v) is 7.54. The van der Waals surface area contributed by atoms with E-state index in [1.807, 2.05) is 0 Å².